The van der Waals surface area contributed by atoms with Crippen LogP contribution in [-0.2, 0) is 6.54 Å². The molecule has 0 bridgehead atoms. The van der Waals surface area contributed by atoms with Crippen LogP contribution in [0.4, 0.5) is 0 Å². The van der Waals surface area contributed by atoms with Crippen LogP contribution >= 0.6 is 11.3 Å². The minimum atomic E-state index is 0.188. The van der Waals surface area contributed by atoms with Crippen molar-refractivity contribution >= 4 is 17.2 Å². The maximum atomic E-state index is 12.6. The van der Waals surface area contributed by atoms with E-state index in [0.717, 1.165) is 61.0 Å². The molecule has 0 N–H and O–H groups in total. The lowest BCUT2D eigenvalue weighted by Gasteiger charge is -2.21. The third-order valence-electron chi connectivity index (χ3n) is 4.26. The largest absolute Gasteiger partial charge is 0.337 e. The average molecular weight is 329 g/mol. The highest BCUT2D eigenvalue weighted by atomic mass is 32.1. The molecule has 1 amide bonds. The Morgan fingerprint density at radius 3 is 2.78 bits per heavy atom. The molecule has 0 saturated carbocycles. The van der Waals surface area contributed by atoms with Crippen LogP contribution in [0.5, 0.6) is 0 Å². The summed E-state index contributed by atoms with van der Waals surface area (Å²) in [5.74, 6) is 0.188. The predicted molar refractivity (Wildman–Crippen MR) is 93.8 cm³/mol. The lowest BCUT2D eigenvalue weighted by Crippen LogP contribution is -2.35. The molecule has 1 aliphatic heterocycles. The van der Waals surface area contributed by atoms with E-state index in [0.29, 0.717) is 0 Å². The Kier molecular flexibility index (Phi) is 5.08. The van der Waals surface area contributed by atoms with Gasteiger partial charge >= 0.3 is 0 Å². The fourth-order valence-electron chi connectivity index (χ4n) is 2.98. The van der Waals surface area contributed by atoms with E-state index in [-0.39, 0.29) is 5.91 Å². The Balaban J connectivity index is 1.61. The SMILES string of the molecule is Cc1cccc(CN2CCCN(C(=O)c3sccc3C)CC2)n1. The molecule has 2 aromatic rings. The molecule has 4 nitrogen and oxygen atoms in total. The maximum absolute atomic E-state index is 12.6. The highest BCUT2D eigenvalue weighted by Gasteiger charge is 2.22. The van der Waals surface area contributed by atoms with E-state index in [4.69, 9.17) is 0 Å². The maximum Gasteiger partial charge on any atom is 0.264 e. The third-order valence-corrected chi connectivity index (χ3v) is 5.27. The highest BCUT2D eigenvalue weighted by Crippen LogP contribution is 2.19. The van der Waals surface area contributed by atoms with Gasteiger partial charge in [0.05, 0.1) is 10.6 Å². The average Bonchev–Trinajstić information content (AvgIpc) is 2.81. The Morgan fingerprint density at radius 1 is 1.17 bits per heavy atom. The van der Waals surface area contributed by atoms with Gasteiger partial charge in [-0.05, 0) is 49.4 Å². The molecule has 0 radical (unpaired) electrons. The van der Waals surface area contributed by atoms with Crippen molar-refractivity contribution in [2.24, 2.45) is 0 Å². The number of aryl methyl sites for hydroxylation is 2. The minimum Gasteiger partial charge on any atom is -0.337 e. The molecule has 122 valence electrons. The van der Waals surface area contributed by atoms with E-state index < -0.39 is 0 Å². The Hall–Kier alpha value is -1.72. The fourth-order valence-corrected chi connectivity index (χ4v) is 3.88. The van der Waals surface area contributed by atoms with Gasteiger partial charge in [-0.25, -0.2) is 0 Å². The van der Waals surface area contributed by atoms with Crippen LogP contribution in [0.2, 0.25) is 0 Å². The smallest absolute Gasteiger partial charge is 0.264 e. The number of amides is 1. The molecular formula is C18H23N3OS. The molecule has 23 heavy (non-hydrogen) atoms. The standard InChI is InChI=1S/C18H23N3OS/c1-14-7-12-23-17(14)18(22)21-9-4-8-20(10-11-21)13-16-6-3-5-15(2)19-16/h3,5-7,12H,4,8-11,13H2,1-2H3. The highest BCUT2D eigenvalue weighted by molar-refractivity contribution is 7.12. The van der Waals surface area contributed by atoms with Crippen molar-refractivity contribution in [1.82, 2.24) is 14.8 Å². The van der Waals surface area contributed by atoms with E-state index in [1.165, 1.54) is 0 Å². The van der Waals surface area contributed by atoms with Crippen LogP contribution in [0.1, 0.15) is 33.0 Å². The van der Waals surface area contributed by atoms with Crippen molar-refractivity contribution in [3.63, 3.8) is 0 Å². The molecule has 0 aliphatic carbocycles. The van der Waals surface area contributed by atoms with Crippen molar-refractivity contribution in [3.05, 3.63) is 51.5 Å². The summed E-state index contributed by atoms with van der Waals surface area (Å²) >= 11 is 1.55. The van der Waals surface area contributed by atoms with Crippen molar-refractivity contribution in [1.29, 1.82) is 0 Å². The van der Waals surface area contributed by atoms with Crippen molar-refractivity contribution in [2.45, 2.75) is 26.8 Å². The Labute approximate surface area is 141 Å². The number of nitrogens with zero attached hydrogens (tertiary/aromatic N) is 3. The quantitative estimate of drug-likeness (QED) is 0.868. The second-order valence-corrected chi connectivity index (χ2v) is 7.04. The van der Waals surface area contributed by atoms with Gasteiger partial charge in [0, 0.05) is 38.4 Å². The summed E-state index contributed by atoms with van der Waals surface area (Å²) in [6.07, 6.45) is 1.02. The summed E-state index contributed by atoms with van der Waals surface area (Å²) in [5, 5.41) is 2.00. The summed E-state index contributed by atoms with van der Waals surface area (Å²) < 4.78 is 0. The topological polar surface area (TPSA) is 36.4 Å². The first-order valence-electron chi connectivity index (χ1n) is 8.12. The first-order chi connectivity index (χ1) is 11.1. The number of hydrogen-bond donors (Lipinski definition) is 0. The van der Waals surface area contributed by atoms with E-state index >= 15 is 0 Å². The lowest BCUT2D eigenvalue weighted by molar-refractivity contribution is 0.0765. The van der Waals surface area contributed by atoms with Crippen molar-refractivity contribution < 1.29 is 4.79 Å². The molecule has 5 heteroatoms. The zero-order valence-corrected chi connectivity index (χ0v) is 14.6. The number of carbonyl (C=O) groups is 1. The molecule has 1 fully saturated rings. The van der Waals surface area contributed by atoms with Crippen molar-refractivity contribution in [2.75, 3.05) is 26.2 Å². The minimum absolute atomic E-state index is 0.188. The van der Waals surface area contributed by atoms with Gasteiger partial charge in [0.1, 0.15) is 0 Å². The third kappa shape index (κ3) is 3.98. The second-order valence-electron chi connectivity index (χ2n) is 6.12. The van der Waals surface area contributed by atoms with Gasteiger partial charge in [-0.1, -0.05) is 6.07 Å². The van der Waals surface area contributed by atoms with Gasteiger partial charge < -0.3 is 4.90 Å². The Morgan fingerprint density at radius 2 is 2.04 bits per heavy atom. The molecule has 0 atom stereocenters. The number of rotatable bonds is 3. The molecule has 3 heterocycles. The van der Waals surface area contributed by atoms with Crippen molar-refractivity contribution in [3.8, 4) is 0 Å². The molecule has 2 aromatic heterocycles. The number of hydrogen-bond acceptors (Lipinski definition) is 4. The molecule has 0 unspecified atom stereocenters. The summed E-state index contributed by atoms with van der Waals surface area (Å²) in [7, 11) is 0. The summed E-state index contributed by atoms with van der Waals surface area (Å²) in [6.45, 7) is 8.46. The Bertz CT molecular complexity index is 682. The van der Waals surface area contributed by atoms with E-state index in [1.54, 1.807) is 11.3 Å². The van der Waals surface area contributed by atoms with Crippen LogP contribution in [0.3, 0.4) is 0 Å². The molecule has 1 saturated heterocycles. The molecule has 3 rings (SSSR count). The number of thiophene rings is 1. The number of pyridine rings is 1. The van der Waals surface area contributed by atoms with E-state index in [1.807, 2.05) is 36.3 Å². The predicted octanol–water partition coefficient (Wildman–Crippen LogP) is 3.11. The van der Waals surface area contributed by atoms with Gasteiger partial charge in [-0.15, -0.1) is 11.3 Å². The molecule has 0 aromatic carbocycles. The summed E-state index contributed by atoms with van der Waals surface area (Å²) in [4.78, 5) is 22.5. The van der Waals surface area contributed by atoms with Gasteiger partial charge in [-0.2, -0.15) is 0 Å². The first-order valence-corrected chi connectivity index (χ1v) is 9.00. The monoisotopic (exact) mass is 329 g/mol. The van der Waals surface area contributed by atoms with Crippen LogP contribution in [0.15, 0.2) is 29.6 Å². The first kappa shape index (κ1) is 16.1. The van der Waals surface area contributed by atoms with E-state index in [2.05, 4.69) is 22.0 Å². The second kappa shape index (κ2) is 7.23. The van der Waals surface area contributed by atoms with Crippen LogP contribution < -0.4 is 0 Å². The number of aromatic nitrogens is 1. The fraction of sp³-hybridized carbons (Fsp3) is 0.444. The zero-order chi connectivity index (χ0) is 16.2. The summed E-state index contributed by atoms with van der Waals surface area (Å²) in [5.41, 5.74) is 3.26. The lowest BCUT2D eigenvalue weighted by atomic mass is 10.2. The number of carbonyl (C=O) groups excluding carboxylic acids is 1. The van der Waals surface area contributed by atoms with Crippen LogP contribution in [0.25, 0.3) is 0 Å². The van der Waals surface area contributed by atoms with Crippen LogP contribution in [0, 0.1) is 13.8 Å². The van der Waals surface area contributed by atoms with Crippen LogP contribution in [-0.4, -0.2) is 46.9 Å². The van der Waals surface area contributed by atoms with Gasteiger partial charge in [-0.3, -0.25) is 14.7 Å². The molecule has 0 spiro atoms. The molecule has 1 aliphatic rings. The van der Waals surface area contributed by atoms with Gasteiger partial charge in [0.2, 0.25) is 0 Å². The van der Waals surface area contributed by atoms with E-state index in [9.17, 15) is 4.79 Å². The summed E-state index contributed by atoms with van der Waals surface area (Å²) in [6, 6.07) is 8.18. The molecular weight excluding hydrogens is 306 g/mol. The van der Waals surface area contributed by atoms with Gasteiger partial charge in [0.15, 0.2) is 0 Å². The van der Waals surface area contributed by atoms with Gasteiger partial charge in [0.25, 0.3) is 5.91 Å². The zero-order valence-electron chi connectivity index (χ0n) is 13.8. The normalized spacial score (nSPS) is 16.3.